The Labute approximate surface area is 69.4 Å². The van der Waals surface area contributed by atoms with Crippen LogP contribution in [-0.4, -0.2) is 24.7 Å². The van der Waals surface area contributed by atoms with Crippen LogP contribution in [0.5, 0.6) is 0 Å². The van der Waals surface area contributed by atoms with Crippen LogP contribution in [0.25, 0.3) is 0 Å². The standard InChI is InChI=1S/C5H10N4O3/c1-3(2-8-4(6)10)12-9-5(7)11/h3,6-7H,2H2,1H3,(H,8,10)(H,9,11). The average Bonchev–Trinajstić information content (AvgIpc) is 1.96. The van der Waals surface area contributed by atoms with Gasteiger partial charge in [-0.3, -0.25) is 4.84 Å². The van der Waals surface area contributed by atoms with E-state index >= 15 is 0 Å². The van der Waals surface area contributed by atoms with Crippen LogP contribution in [0.2, 0.25) is 0 Å². The fourth-order valence-electron chi connectivity index (χ4n) is 0.432. The highest BCUT2D eigenvalue weighted by Gasteiger charge is 2.04. The quantitative estimate of drug-likeness (QED) is 0.548. The molecular weight excluding hydrogens is 164 g/mol. The minimum atomic E-state index is -1.06. The highest BCUT2D eigenvalue weighted by Crippen LogP contribution is 1.83. The maximum Gasteiger partial charge on any atom is 0.357 e. The number of hydrogen-bond donors (Lipinski definition) is 2. The normalized spacial score (nSPS) is 11.8. The van der Waals surface area contributed by atoms with Crippen LogP contribution in [0.15, 0.2) is 0 Å². The van der Waals surface area contributed by atoms with Gasteiger partial charge in [0.2, 0.25) is 0 Å². The Kier molecular flexibility index (Phi) is 4.54. The highest BCUT2D eigenvalue weighted by molar-refractivity contribution is 5.70. The Morgan fingerprint density at radius 3 is 2.42 bits per heavy atom. The van der Waals surface area contributed by atoms with E-state index in [2.05, 4.69) is 10.2 Å². The summed E-state index contributed by atoms with van der Waals surface area (Å²) in [6.07, 6.45) is -0.464. The Morgan fingerprint density at radius 2 is 2.00 bits per heavy atom. The summed E-state index contributed by atoms with van der Waals surface area (Å²) in [5.74, 6) is 0. The fraction of sp³-hybridized carbons (Fsp3) is 0.600. The van der Waals surface area contributed by atoms with Crippen molar-refractivity contribution in [3.05, 3.63) is 0 Å². The molecule has 4 amide bonds. The lowest BCUT2D eigenvalue weighted by Crippen LogP contribution is -2.36. The molecule has 0 aliphatic rings. The van der Waals surface area contributed by atoms with Crippen molar-refractivity contribution >= 4 is 12.1 Å². The Balaban J connectivity index is 3.39. The minimum Gasteiger partial charge on any atom is -0.334 e. The van der Waals surface area contributed by atoms with Gasteiger partial charge in [-0.15, -0.1) is 0 Å². The van der Waals surface area contributed by atoms with Gasteiger partial charge in [-0.2, -0.15) is 0 Å². The summed E-state index contributed by atoms with van der Waals surface area (Å²) in [6, 6.07) is -1.97. The van der Waals surface area contributed by atoms with Crippen molar-refractivity contribution in [1.82, 2.24) is 22.3 Å². The van der Waals surface area contributed by atoms with Gasteiger partial charge in [-0.05, 0) is 6.92 Å². The SMILES string of the molecule is CC(CNC([NH])=O)ONC([NH])=O. The Bertz CT molecular complexity index is 154. The number of carbonyl (C=O) groups is 2. The first-order chi connectivity index (χ1) is 5.52. The molecule has 0 spiro atoms. The second-order valence-corrected chi connectivity index (χ2v) is 2.07. The van der Waals surface area contributed by atoms with Crippen LogP contribution in [0.4, 0.5) is 9.59 Å². The van der Waals surface area contributed by atoms with E-state index < -0.39 is 18.2 Å². The van der Waals surface area contributed by atoms with Crippen LogP contribution >= 0.6 is 0 Å². The summed E-state index contributed by atoms with van der Waals surface area (Å²) in [6.45, 7) is 1.69. The van der Waals surface area contributed by atoms with Gasteiger partial charge in [-0.1, -0.05) is 0 Å². The van der Waals surface area contributed by atoms with E-state index in [0.29, 0.717) is 0 Å². The third-order valence-corrected chi connectivity index (χ3v) is 0.903. The molecule has 0 fully saturated rings. The molecule has 0 aliphatic carbocycles. The molecule has 1 atom stereocenters. The molecule has 0 aliphatic heterocycles. The fourth-order valence-corrected chi connectivity index (χ4v) is 0.432. The molecule has 0 heterocycles. The number of hydroxylamine groups is 1. The Morgan fingerprint density at radius 1 is 1.42 bits per heavy atom. The summed E-state index contributed by atoms with van der Waals surface area (Å²) in [4.78, 5) is 24.6. The number of nitrogens with one attached hydrogen (secondary N) is 4. The molecular formula is C5H10N4O3. The van der Waals surface area contributed by atoms with E-state index in [-0.39, 0.29) is 6.54 Å². The highest BCUT2D eigenvalue weighted by atomic mass is 16.7. The molecule has 7 heteroatoms. The summed E-state index contributed by atoms with van der Waals surface area (Å²) in [5.41, 5.74) is 14.6. The largest absolute Gasteiger partial charge is 0.357 e. The first-order valence-electron chi connectivity index (χ1n) is 3.19. The first kappa shape index (κ1) is 10.5. The third kappa shape index (κ3) is 6.62. The van der Waals surface area contributed by atoms with E-state index in [1.54, 1.807) is 12.4 Å². The number of amides is 4. The van der Waals surface area contributed by atoms with Crippen molar-refractivity contribution in [1.29, 1.82) is 0 Å². The van der Waals surface area contributed by atoms with Gasteiger partial charge in [0.1, 0.15) is 6.10 Å². The van der Waals surface area contributed by atoms with Gasteiger partial charge in [0.25, 0.3) is 0 Å². The number of carbonyl (C=O) groups excluding carboxylic acids is 2. The zero-order valence-electron chi connectivity index (χ0n) is 6.51. The van der Waals surface area contributed by atoms with Crippen molar-refractivity contribution < 1.29 is 14.4 Å². The molecule has 7 nitrogen and oxygen atoms in total. The van der Waals surface area contributed by atoms with Gasteiger partial charge in [0, 0.05) is 6.54 Å². The molecule has 4 N–H and O–H groups in total. The van der Waals surface area contributed by atoms with Crippen LogP contribution < -0.4 is 22.3 Å². The number of urea groups is 2. The predicted molar refractivity (Wildman–Crippen MR) is 38.7 cm³/mol. The van der Waals surface area contributed by atoms with Gasteiger partial charge >= 0.3 is 12.1 Å². The molecule has 2 radical (unpaired) electrons. The zero-order chi connectivity index (χ0) is 9.56. The average molecular weight is 174 g/mol. The van der Waals surface area contributed by atoms with Crippen molar-refractivity contribution in [2.45, 2.75) is 13.0 Å². The van der Waals surface area contributed by atoms with E-state index in [1.165, 1.54) is 0 Å². The Hall–Kier alpha value is -1.50. The summed E-state index contributed by atoms with van der Waals surface area (Å²) in [5, 5.41) is 2.16. The molecule has 0 rings (SSSR count). The second-order valence-electron chi connectivity index (χ2n) is 2.07. The smallest absolute Gasteiger partial charge is 0.334 e. The van der Waals surface area contributed by atoms with Gasteiger partial charge in [0.15, 0.2) is 0 Å². The summed E-state index contributed by atoms with van der Waals surface area (Å²) < 4.78 is 0. The van der Waals surface area contributed by atoms with E-state index in [4.69, 9.17) is 11.5 Å². The predicted octanol–water partition coefficient (Wildman–Crippen LogP) is -0.708. The van der Waals surface area contributed by atoms with Crippen molar-refractivity contribution in [2.24, 2.45) is 0 Å². The van der Waals surface area contributed by atoms with Crippen molar-refractivity contribution in [3.63, 3.8) is 0 Å². The van der Waals surface area contributed by atoms with Gasteiger partial charge in [0.05, 0.1) is 0 Å². The van der Waals surface area contributed by atoms with Crippen LogP contribution in [0, 0.1) is 0 Å². The lowest BCUT2D eigenvalue weighted by molar-refractivity contribution is 0.0100. The third-order valence-electron chi connectivity index (χ3n) is 0.903. The van der Waals surface area contributed by atoms with E-state index in [1.807, 2.05) is 0 Å². The van der Waals surface area contributed by atoms with E-state index in [0.717, 1.165) is 0 Å². The van der Waals surface area contributed by atoms with E-state index in [9.17, 15) is 9.59 Å². The second kappa shape index (κ2) is 5.19. The van der Waals surface area contributed by atoms with Crippen LogP contribution in [0.1, 0.15) is 6.92 Å². The molecule has 0 bridgehead atoms. The molecule has 12 heavy (non-hydrogen) atoms. The van der Waals surface area contributed by atoms with Crippen molar-refractivity contribution in [3.8, 4) is 0 Å². The molecule has 0 saturated carbocycles. The lowest BCUT2D eigenvalue weighted by atomic mass is 10.4. The maximum atomic E-state index is 10.1. The monoisotopic (exact) mass is 174 g/mol. The number of hydrogen-bond acceptors (Lipinski definition) is 3. The molecule has 0 aromatic heterocycles. The lowest BCUT2D eigenvalue weighted by Gasteiger charge is -2.10. The summed E-state index contributed by atoms with van der Waals surface area (Å²) in [7, 11) is 0. The summed E-state index contributed by atoms with van der Waals surface area (Å²) >= 11 is 0. The first-order valence-corrected chi connectivity index (χ1v) is 3.19. The molecule has 0 aromatic rings. The van der Waals surface area contributed by atoms with Crippen LogP contribution in [-0.2, 0) is 4.84 Å². The maximum absolute atomic E-state index is 10.1. The van der Waals surface area contributed by atoms with Crippen LogP contribution in [0.3, 0.4) is 0 Å². The molecule has 0 saturated heterocycles. The molecule has 68 valence electrons. The van der Waals surface area contributed by atoms with Gasteiger partial charge in [-0.25, -0.2) is 26.5 Å². The minimum absolute atomic E-state index is 0.114. The topological polar surface area (TPSA) is 115 Å². The molecule has 0 aromatic carbocycles. The zero-order valence-corrected chi connectivity index (χ0v) is 6.51. The molecule has 1 unspecified atom stereocenters. The number of rotatable bonds is 4. The van der Waals surface area contributed by atoms with Crippen molar-refractivity contribution in [2.75, 3.05) is 6.54 Å². The van der Waals surface area contributed by atoms with Gasteiger partial charge < -0.3 is 5.32 Å².